The number of rotatable bonds is 4. The van der Waals surface area contributed by atoms with E-state index in [0.29, 0.717) is 6.04 Å². The maximum Gasteiger partial charge on any atom is 0.0994 e. The zero-order chi connectivity index (χ0) is 11.3. The van der Waals surface area contributed by atoms with Crippen LogP contribution >= 0.6 is 0 Å². The molecule has 1 aromatic carbocycles. The third-order valence-electron chi connectivity index (χ3n) is 2.28. The number of aryl methyl sites for hydroxylation is 1. The number of benzene rings is 1. The Morgan fingerprint density at radius 3 is 2.87 bits per heavy atom. The predicted octanol–water partition coefficient (Wildman–Crippen LogP) is 3.24. The minimum absolute atomic E-state index is 0.370. The molecule has 0 heterocycles. The molecule has 0 aliphatic carbocycles. The third kappa shape index (κ3) is 3.14. The summed E-state index contributed by atoms with van der Waals surface area (Å²) in [7, 11) is 0. The van der Waals surface area contributed by atoms with Crippen molar-refractivity contribution in [3.63, 3.8) is 0 Å². The Bertz CT molecular complexity index is 388. The van der Waals surface area contributed by atoms with E-state index >= 15 is 0 Å². The summed E-state index contributed by atoms with van der Waals surface area (Å²) in [6.07, 6.45) is 2.83. The van der Waals surface area contributed by atoms with Gasteiger partial charge in [0.2, 0.25) is 0 Å². The van der Waals surface area contributed by atoms with Gasteiger partial charge in [-0.05, 0) is 44.0 Å². The van der Waals surface area contributed by atoms with Gasteiger partial charge >= 0.3 is 0 Å². The molecular weight excluding hydrogens is 184 g/mol. The first kappa shape index (κ1) is 11.3. The summed E-state index contributed by atoms with van der Waals surface area (Å²) in [6, 6.07) is 8.31. The fourth-order valence-electron chi connectivity index (χ4n) is 1.47. The summed E-state index contributed by atoms with van der Waals surface area (Å²) < 4.78 is 0. The summed E-state index contributed by atoms with van der Waals surface area (Å²) in [5, 5.41) is 12.1. The molecular formula is C13H16N2. The Hall–Kier alpha value is -1.75. The molecule has 0 fully saturated rings. The maximum atomic E-state index is 8.79. The van der Waals surface area contributed by atoms with Crippen LogP contribution in [-0.2, 0) is 0 Å². The van der Waals surface area contributed by atoms with E-state index in [0.717, 1.165) is 23.2 Å². The van der Waals surface area contributed by atoms with Crippen LogP contribution in [0.4, 0.5) is 5.69 Å². The fourth-order valence-corrected chi connectivity index (χ4v) is 1.47. The topological polar surface area (TPSA) is 35.8 Å². The second-order valence-corrected chi connectivity index (χ2v) is 3.71. The highest BCUT2D eigenvalue weighted by Crippen LogP contribution is 2.15. The van der Waals surface area contributed by atoms with Crippen molar-refractivity contribution < 1.29 is 0 Å². The quantitative estimate of drug-likeness (QED) is 0.757. The van der Waals surface area contributed by atoms with Crippen molar-refractivity contribution in [1.29, 1.82) is 5.26 Å². The second-order valence-electron chi connectivity index (χ2n) is 3.71. The lowest BCUT2D eigenvalue weighted by Gasteiger charge is -2.13. The van der Waals surface area contributed by atoms with E-state index in [2.05, 4.69) is 24.9 Å². The molecule has 0 saturated heterocycles. The fraction of sp³-hybridized carbons (Fsp3) is 0.308. The molecule has 0 aliphatic rings. The molecule has 15 heavy (non-hydrogen) atoms. The van der Waals surface area contributed by atoms with Gasteiger partial charge in [-0.1, -0.05) is 6.08 Å². The van der Waals surface area contributed by atoms with Crippen molar-refractivity contribution in [2.24, 2.45) is 0 Å². The lowest BCUT2D eigenvalue weighted by Crippen LogP contribution is -2.13. The molecule has 0 bridgehead atoms. The molecule has 0 aliphatic heterocycles. The van der Waals surface area contributed by atoms with Gasteiger partial charge in [0.25, 0.3) is 0 Å². The lowest BCUT2D eigenvalue weighted by molar-refractivity contribution is 0.814. The molecule has 0 spiro atoms. The van der Waals surface area contributed by atoms with Gasteiger partial charge in [0.1, 0.15) is 0 Å². The molecule has 2 heteroatoms. The largest absolute Gasteiger partial charge is 0.382 e. The second kappa shape index (κ2) is 5.21. The van der Waals surface area contributed by atoms with E-state index < -0.39 is 0 Å². The van der Waals surface area contributed by atoms with Gasteiger partial charge in [-0.2, -0.15) is 5.26 Å². The van der Waals surface area contributed by atoms with Gasteiger partial charge < -0.3 is 5.32 Å². The van der Waals surface area contributed by atoms with E-state index in [4.69, 9.17) is 5.26 Å². The summed E-state index contributed by atoms with van der Waals surface area (Å²) in [5.74, 6) is 0. The van der Waals surface area contributed by atoms with Crippen molar-refractivity contribution in [3.8, 4) is 6.07 Å². The third-order valence-corrected chi connectivity index (χ3v) is 2.28. The first-order valence-electron chi connectivity index (χ1n) is 5.05. The highest BCUT2D eigenvalue weighted by atomic mass is 14.9. The van der Waals surface area contributed by atoms with Gasteiger partial charge in [0, 0.05) is 11.7 Å². The first-order chi connectivity index (χ1) is 7.17. The average molecular weight is 200 g/mol. The van der Waals surface area contributed by atoms with E-state index in [1.54, 1.807) is 0 Å². The minimum Gasteiger partial charge on any atom is -0.382 e. The number of nitriles is 1. The zero-order valence-electron chi connectivity index (χ0n) is 9.25. The lowest BCUT2D eigenvalue weighted by atomic mass is 10.1. The highest BCUT2D eigenvalue weighted by Gasteiger charge is 2.02. The Labute approximate surface area is 91.2 Å². The van der Waals surface area contributed by atoms with Crippen molar-refractivity contribution in [1.82, 2.24) is 0 Å². The van der Waals surface area contributed by atoms with Crippen LogP contribution in [0.15, 0.2) is 30.9 Å². The van der Waals surface area contributed by atoms with Crippen LogP contribution in [0.25, 0.3) is 0 Å². The number of anilines is 1. The zero-order valence-corrected chi connectivity index (χ0v) is 9.25. The molecule has 2 nitrogen and oxygen atoms in total. The summed E-state index contributed by atoms with van der Waals surface area (Å²) >= 11 is 0. The van der Waals surface area contributed by atoms with Gasteiger partial charge in [-0.15, -0.1) is 6.58 Å². The van der Waals surface area contributed by atoms with Crippen molar-refractivity contribution in [3.05, 3.63) is 42.0 Å². The molecule has 0 radical (unpaired) electrons. The van der Waals surface area contributed by atoms with Crippen LogP contribution in [0.1, 0.15) is 24.5 Å². The van der Waals surface area contributed by atoms with Crippen molar-refractivity contribution in [2.75, 3.05) is 5.32 Å². The smallest absolute Gasteiger partial charge is 0.0994 e. The molecule has 0 amide bonds. The SMILES string of the molecule is C=CCC(C)Nc1ccc(C#N)c(C)c1. The van der Waals surface area contributed by atoms with E-state index in [-0.39, 0.29) is 0 Å². The molecule has 1 atom stereocenters. The Kier molecular flexibility index (Phi) is 3.93. The highest BCUT2D eigenvalue weighted by molar-refractivity contribution is 5.52. The van der Waals surface area contributed by atoms with Gasteiger partial charge in [0.15, 0.2) is 0 Å². The van der Waals surface area contributed by atoms with Gasteiger partial charge in [-0.3, -0.25) is 0 Å². The maximum absolute atomic E-state index is 8.79. The molecule has 1 aromatic rings. The predicted molar refractivity (Wildman–Crippen MR) is 63.8 cm³/mol. The average Bonchev–Trinajstić information content (AvgIpc) is 2.18. The van der Waals surface area contributed by atoms with Crippen molar-refractivity contribution in [2.45, 2.75) is 26.3 Å². The molecule has 1 N–H and O–H groups in total. The number of hydrogen-bond acceptors (Lipinski definition) is 2. The summed E-state index contributed by atoms with van der Waals surface area (Å²) in [6.45, 7) is 7.76. The summed E-state index contributed by atoms with van der Waals surface area (Å²) in [5.41, 5.74) is 2.80. The minimum atomic E-state index is 0.370. The van der Waals surface area contributed by atoms with Crippen LogP contribution in [-0.4, -0.2) is 6.04 Å². The summed E-state index contributed by atoms with van der Waals surface area (Å²) in [4.78, 5) is 0. The van der Waals surface area contributed by atoms with Crippen LogP contribution in [0.2, 0.25) is 0 Å². The Morgan fingerprint density at radius 1 is 1.60 bits per heavy atom. The van der Waals surface area contributed by atoms with E-state index in [1.807, 2.05) is 31.2 Å². The molecule has 0 aromatic heterocycles. The Morgan fingerprint density at radius 2 is 2.33 bits per heavy atom. The molecule has 78 valence electrons. The molecule has 0 saturated carbocycles. The van der Waals surface area contributed by atoms with E-state index in [9.17, 15) is 0 Å². The monoisotopic (exact) mass is 200 g/mol. The van der Waals surface area contributed by atoms with Crippen LogP contribution in [0.5, 0.6) is 0 Å². The Balaban J connectivity index is 2.76. The van der Waals surface area contributed by atoms with Gasteiger partial charge in [0.05, 0.1) is 11.6 Å². The number of nitrogens with one attached hydrogen (secondary N) is 1. The van der Waals surface area contributed by atoms with Crippen LogP contribution in [0, 0.1) is 18.3 Å². The van der Waals surface area contributed by atoms with Crippen molar-refractivity contribution >= 4 is 5.69 Å². The number of nitrogens with zero attached hydrogens (tertiary/aromatic N) is 1. The van der Waals surface area contributed by atoms with Crippen LogP contribution in [0.3, 0.4) is 0 Å². The molecule has 1 rings (SSSR count). The normalized spacial score (nSPS) is 11.5. The first-order valence-corrected chi connectivity index (χ1v) is 5.05. The van der Waals surface area contributed by atoms with Crippen LogP contribution < -0.4 is 5.32 Å². The molecule has 1 unspecified atom stereocenters. The van der Waals surface area contributed by atoms with E-state index in [1.165, 1.54) is 0 Å². The van der Waals surface area contributed by atoms with Gasteiger partial charge in [-0.25, -0.2) is 0 Å². The standard InChI is InChI=1S/C13H16N2/c1-4-5-11(3)15-13-7-6-12(9-14)10(2)8-13/h4,6-8,11,15H,1,5H2,2-3H3. The number of hydrogen-bond donors (Lipinski definition) is 1.